The predicted molar refractivity (Wildman–Crippen MR) is 85.0 cm³/mol. The lowest BCUT2D eigenvalue weighted by molar-refractivity contribution is 0.414. The largest absolute Gasteiger partial charge is 0.508 e. The highest BCUT2D eigenvalue weighted by molar-refractivity contribution is 6.01. The molecule has 0 atom stereocenters. The van der Waals surface area contributed by atoms with E-state index in [1.165, 1.54) is 22.1 Å². The van der Waals surface area contributed by atoms with Crippen LogP contribution < -0.4 is 4.74 Å². The van der Waals surface area contributed by atoms with E-state index in [1.807, 2.05) is 24.3 Å². The molecule has 104 valence electrons. The van der Waals surface area contributed by atoms with E-state index < -0.39 is 0 Å². The number of ether oxygens (including phenoxy) is 1. The molecule has 0 amide bonds. The van der Waals surface area contributed by atoms with Crippen LogP contribution in [0.3, 0.4) is 0 Å². The molecule has 0 heterocycles. The zero-order valence-electron chi connectivity index (χ0n) is 11.9. The van der Waals surface area contributed by atoms with Crippen molar-refractivity contribution < 1.29 is 9.84 Å². The summed E-state index contributed by atoms with van der Waals surface area (Å²) in [6.45, 7) is 0. The third kappa shape index (κ3) is 1.79. The van der Waals surface area contributed by atoms with Crippen LogP contribution in [0.5, 0.6) is 11.5 Å². The highest BCUT2D eigenvalue weighted by atomic mass is 16.5. The molecule has 0 saturated heterocycles. The number of aryl methyl sites for hydroxylation is 1. The highest BCUT2D eigenvalue weighted by Gasteiger charge is 2.21. The number of rotatable bonds is 1. The molecule has 0 fully saturated rings. The fourth-order valence-electron chi connectivity index (χ4n) is 3.34. The van der Waals surface area contributed by atoms with Gasteiger partial charge in [0.15, 0.2) is 0 Å². The normalized spacial score (nSPS) is 12.8. The Balaban J connectivity index is 2.08. The van der Waals surface area contributed by atoms with E-state index in [9.17, 15) is 5.11 Å². The second-order valence-corrected chi connectivity index (χ2v) is 5.49. The standard InChI is InChI=1S/C19H16O2/c1-21-14-7-9-16-13(10-14)6-8-17-18(20)11-12-4-2-3-5-15(12)19(16)17/h2-5,7,9-11,20H,6,8H2,1H3. The molecule has 0 radical (unpaired) electrons. The van der Waals surface area contributed by atoms with Crippen LogP contribution in [0.15, 0.2) is 48.5 Å². The van der Waals surface area contributed by atoms with E-state index in [4.69, 9.17) is 4.74 Å². The molecular formula is C19H16O2. The van der Waals surface area contributed by atoms with Crippen molar-refractivity contribution in [2.45, 2.75) is 12.8 Å². The molecule has 0 unspecified atom stereocenters. The average Bonchev–Trinajstić information content (AvgIpc) is 2.53. The van der Waals surface area contributed by atoms with Gasteiger partial charge < -0.3 is 9.84 Å². The van der Waals surface area contributed by atoms with Crippen LogP contribution in [-0.4, -0.2) is 12.2 Å². The van der Waals surface area contributed by atoms with Gasteiger partial charge in [-0.25, -0.2) is 0 Å². The Morgan fingerprint density at radius 3 is 2.71 bits per heavy atom. The minimum absolute atomic E-state index is 0.408. The van der Waals surface area contributed by atoms with Crippen LogP contribution in [0, 0.1) is 0 Å². The Bertz CT molecular complexity index is 850. The van der Waals surface area contributed by atoms with E-state index in [2.05, 4.69) is 24.3 Å². The van der Waals surface area contributed by atoms with E-state index >= 15 is 0 Å². The molecular weight excluding hydrogens is 260 g/mol. The molecule has 1 N–H and O–H groups in total. The third-order valence-corrected chi connectivity index (χ3v) is 4.36. The van der Waals surface area contributed by atoms with Crippen molar-refractivity contribution in [1.29, 1.82) is 0 Å². The van der Waals surface area contributed by atoms with Gasteiger partial charge in [-0.15, -0.1) is 0 Å². The van der Waals surface area contributed by atoms with Crippen molar-refractivity contribution in [2.75, 3.05) is 7.11 Å². The van der Waals surface area contributed by atoms with Crippen molar-refractivity contribution in [3.05, 3.63) is 59.7 Å². The Hall–Kier alpha value is -2.48. The molecule has 1 aliphatic rings. The summed E-state index contributed by atoms with van der Waals surface area (Å²) in [6, 6.07) is 16.3. The molecule has 3 aromatic carbocycles. The second-order valence-electron chi connectivity index (χ2n) is 5.49. The Kier molecular flexibility index (Phi) is 2.64. The average molecular weight is 276 g/mol. The second kappa shape index (κ2) is 4.52. The minimum atomic E-state index is 0.408. The van der Waals surface area contributed by atoms with Gasteiger partial charge >= 0.3 is 0 Å². The molecule has 2 heteroatoms. The first-order valence-corrected chi connectivity index (χ1v) is 7.19. The molecule has 4 rings (SSSR count). The maximum Gasteiger partial charge on any atom is 0.120 e. The Labute approximate surface area is 123 Å². The van der Waals surface area contributed by atoms with E-state index in [0.29, 0.717) is 5.75 Å². The van der Waals surface area contributed by atoms with Gasteiger partial charge in [0.2, 0.25) is 0 Å². The summed E-state index contributed by atoms with van der Waals surface area (Å²) in [5.74, 6) is 1.30. The van der Waals surface area contributed by atoms with Crippen molar-refractivity contribution in [2.24, 2.45) is 0 Å². The van der Waals surface area contributed by atoms with E-state index in [1.54, 1.807) is 7.11 Å². The summed E-state index contributed by atoms with van der Waals surface area (Å²) in [4.78, 5) is 0. The Morgan fingerprint density at radius 1 is 1.00 bits per heavy atom. The molecule has 2 nitrogen and oxygen atoms in total. The van der Waals surface area contributed by atoms with E-state index in [0.717, 1.165) is 29.5 Å². The third-order valence-electron chi connectivity index (χ3n) is 4.36. The van der Waals surface area contributed by atoms with Crippen LogP contribution in [-0.2, 0) is 12.8 Å². The summed E-state index contributed by atoms with van der Waals surface area (Å²) in [7, 11) is 1.69. The summed E-state index contributed by atoms with van der Waals surface area (Å²) >= 11 is 0. The van der Waals surface area contributed by atoms with Crippen LogP contribution in [0.1, 0.15) is 11.1 Å². The molecule has 0 aliphatic heterocycles. The zero-order valence-corrected chi connectivity index (χ0v) is 11.9. The number of phenolic OH excluding ortho intramolecular Hbond substituents is 1. The number of aromatic hydroxyl groups is 1. The molecule has 21 heavy (non-hydrogen) atoms. The van der Waals surface area contributed by atoms with Crippen LogP contribution in [0.2, 0.25) is 0 Å². The van der Waals surface area contributed by atoms with Crippen molar-refractivity contribution in [3.8, 4) is 22.6 Å². The van der Waals surface area contributed by atoms with E-state index in [-0.39, 0.29) is 0 Å². The first-order chi connectivity index (χ1) is 10.3. The van der Waals surface area contributed by atoms with Crippen LogP contribution in [0.25, 0.3) is 21.9 Å². The van der Waals surface area contributed by atoms with Gasteiger partial charge in [0.1, 0.15) is 11.5 Å². The lowest BCUT2D eigenvalue weighted by Gasteiger charge is -2.23. The van der Waals surface area contributed by atoms with Gasteiger partial charge in [0.25, 0.3) is 0 Å². The minimum Gasteiger partial charge on any atom is -0.508 e. The maximum absolute atomic E-state index is 10.4. The Morgan fingerprint density at radius 2 is 1.86 bits per heavy atom. The predicted octanol–water partition coefficient (Wildman–Crippen LogP) is 4.32. The first kappa shape index (κ1) is 12.3. The highest BCUT2D eigenvalue weighted by Crippen LogP contribution is 2.43. The smallest absolute Gasteiger partial charge is 0.120 e. The van der Waals surface area contributed by atoms with Gasteiger partial charge in [-0.2, -0.15) is 0 Å². The number of hydrogen-bond acceptors (Lipinski definition) is 2. The van der Waals surface area contributed by atoms with Crippen molar-refractivity contribution in [1.82, 2.24) is 0 Å². The van der Waals surface area contributed by atoms with Crippen LogP contribution in [0.4, 0.5) is 0 Å². The van der Waals surface area contributed by atoms with Gasteiger partial charge in [-0.1, -0.05) is 30.3 Å². The molecule has 0 aromatic heterocycles. The fourth-order valence-corrected chi connectivity index (χ4v) is 3.34. The van der Waals surface area contributed by atoms with Crippen molar-refractivity contribution in [3.63, 3.8) is 0 Å². The van der Waals surface area contributed by atoms with Gasteiger partial charge in [0, 0.05) is 5.56 Å². The van der Waals surface area contributed by atoms with Gasteiger partial charge in [0.05, 0.1) is 7.11 Å². The SMILES string of the molecule is COc1ccc2c(c1)CCc1c(O)cc3ccccc3c1-2. The molecule has 0 saturated carbocycles. The maximum atomic E-state index is 10.4. The number of fused-ring (bicyclic) bond motifs is 5. The molecule has 3 aromatic rings. The lowest BCUT2D eigenvalue weighted by atomic mass is 9.82. The molecule has 1 aliphatic carbocycles. The number of phenols is 1. The molecule has 0 spiro atoms. The topological polar surface area (TPSA) is 29.5 Å². The van der Waals surface area contributed by atoms with Crippen molar-refractivity contribution >= 4 is 10.8 Å². The summed E-state index contributed by atoms with van der Waals surface area (Å²) in [6.07, 6.45) is 1.80. The van der Waals surface area contributed by atoms with Gasteiger partial charge in [-0.05, 0) is 58.5 Å². The number of benzene rings is 3. The number of hydrogen-bond donors (Lipinski definition) is 1. The lowest BCUT2D eigenvalue weighted by Crippen LogP contribution is -2.05. The zero-order chi connectivity index (χ0) is 14.4. The summed E-state index contributed by atoms with van der Waals surface area (Å²) in [5, 5.41) is 12.6. The van der Waals surface area contributed by atoms with Crippen LogP contribution >= 0.6 is 0 Å². The summed E-state index contributed by atoms with van der Waals surface area (Å²) in [5.41, 5.74) is 4.74. The number of methoxy groups -OCH3 is 1. The fraction of sp³-hybridized carbons (Fsp3) is 0.158. The monoisotopic (exact) mass is 276 g/mol. The summed E-state index contributed by atoms with van der Waals surface area (Å²) < 4.78 is 5.33. The molecule has 0 bridgehead atoms. The quantitative estimate of drug-likeness (QED) is 0.717. The van der Waals surface area contributed by atoms with Gasteiger partial charge in [-0.3, -0.25) is 0 Å². The first-order valence-electron chi connectivity index (χ1n) is 7.19.